The van der Waals surface area contributed by atoms with Gasteiger partial charge in [0.15, 0.2) is 0 Å². The molecule has 0 fully saturated rings. The van der Waals surface area contributed by atoms with Crippen molar-refractivity contribution in [2.45, 2.75) is 27.2 Å². The molecule has 0 aliphatic heterocycles. The second kappa shape index (κ2) is 10.4. The molecular formula is C12H23Cl2N3OS. The van der Waals surface area contributed by atoms with Gasteiger partial charge in [0.1, 0.15) is 0 Å². The van der Waals surface area contributed by atoms with Crippen LogP contribution < -0.4 is 10.6 Å². The Morgan fingerprint density at radius 1 is 1.37 bits per heavy atom. The molecule has 0 spiro atoms. The van der Waals surface area contributed by atoms with Gasteiger partial charge in [-0.1, -0.05) is 6.92 Å². The van der Waals surface area contributed by atoms with E-state index < -0.39 is 0 Å². The summed E-state index contributed by atoms with van der Waals surface area (Å²) >= 11 is 1.71. The molecule has 7 heteroatoms. The first kappa shape index (κ1) is 20.9. The number of hydrogen-bond acceptors (Lipinski definition) is 4. The normalized spacial score (nSPS) is 11.2. The number of carbonyl (C=O) groups is 1. The Balaban J connectivity index is 0. The van der Waals surface area contributed by atoms with E-state index in [1.807, 2.05) is 27.8 Å². The van der Waals surface area contributed by atoms with E-state index in [2.05, 4.69) is 15.6 Å². The number of thiazole rings is 1. The van der Waals surface area contributed by atoms with E-state index >= 15 is 0 Å². The average molecular weight is 328 g/mol. The van der Waals surface area contributed by atoms with Crippen molar-refractivity contribution in [3.05, 3.63) is 15.6 Å². The number of nitrogens with one attached hydrogen (secondary N) is 2. The van der Waals surface area contributed by atoms with Crippen molar-refractivity contribution >= 4 is 42.1 Å². The van der Waals surface area contributed by atoms with Crippen LogP contribution in [0, 0.1) is 19.8 Å². The number of carbonyl (C=O) groups excluding carboxylic acids is 1. The van der Waals surface area contributed by atoms with Gasteiger partial charge in [-0.15, -0.1) is 36.2 Å². The van der Waals surface area contributed by atoms with Crippen molar-refractivity contribution in [3.63, 3.8) is 0 Å². The number of rotatable bonds is 6. The van der Waals surface area contributed by atoms with E-state index in [-0.39, 0.29) is 36.6 Å². The number of aromatic nitrogens is 1. The van der Waals surface area contributed by atoms with Crippen LogP contribution in [-0.4, -0.2) is 31.0 Å². The van der Waals surface area contributed by atoms with Crippen molar-refractivity contribution in [1.82, 2.24) is 15.6 Å². The lowest BCUT2D eigenvalue weighted by Gasteiger charge is -2.11. The Labute approximate surface area is 131 Å². The maximum absolute atomic E-state index is 11.6. The zero-order chi connectivity index (χ0) is 12.8. The smallest absolute Gasteiger partial charge is 0.224 e. The monoisotopic (exact) mass is 327 g/mol. The third kappa shape index (κ3) is 7.11. The summed E-state index contributed by atoms with van der Waals surface area (Å²) in [5, 5.41) is 7.04. The largest absolute Gasteiger partial charge is 0.355 e. The van der Waals surface area contributed by atoms with E-state index in [9.17, 15) is 4.79 Å². The molecule has 2 N–H and O–H groups in total. The van der Waals surface area contributed by atoms with Crippen LogP contribution in [0.1, 0.15) is 22.5 Å². The van der Waals surface area contributed by atoms with Crippen LogP contribution in [-0.2, 0) is 11.2 Å². The Hall–Kier alpha value is -0.360. The van der Waals surface area contributed by atoms with Gasteiger partial charge < -0.3 is 10.6 Å². The number of halogens is 2. The van der Waals surface area contributed by atoms with Crippen LogP contribution in [0.2, 0.25) is 0 Å². The fourth-order valence-corrected chi connectivity index (χ4v) is 2.61. The second-order valence-corrected chi connectivity index (χ2v) is 5.53. The summed E-state index contributed by atoms with van der Waals surface area (Å²) in [6.45, 7) is 7.35. The molecule has 1 amide bonds. The number of amides is 1. The first-order valence-electron chi connectivity index (χ1n) is 5.89. The lowest BCUT2D eigenvalue weighted by atomic mass is 10.1. The number of hydrogen-bond donors (Lipinski definition) is 2. The Bertz CT molecular complexity index is 385. The van der Waals surface area contributed by atoms with Gasteiger partial charge in [0.05, 0.1) is 10.7 Å². The van der Waals surface area contributed by atoms with Gasteiger partial charge >= 0.3 is 0 Å². The van der Waals surface area contributed by atoms with Crippen molar-refractivity contribution in [1.29, 1.82) is 0 Å². The van der Waals surface area contributed by atoms with Crippen LogP contribution >= 0.6 is 36.2 Å². The SMILES string of the molecule is CNCC(C)C(=O)NCCc1sc(C)nc1C.Cl.Cl. The van der Waals surface area contributed by atoms with E-state index in [1.54, 1.807) is 11.3 Å². The maximum atomic E-state index is 11.6. The molecule has 0 bridgehead atoms. The number of nitrogens with zero attached hydrogens (tertiary/aromatic N) is 1. The highest BCUT2D eigenvalue weighted by Gasteiger charge is 2.11. The summed E-state index contributed by atoms with van der Waals surface area (Å²) in [5.41, 5.74) is 1.09. The fraction of sp³-hybridized carbons (Fsp3) is 0.667. The molecule has 0 radical (unpaired) electrons. The average Bonchev–Trinajstić information content (AvgIpc) is 2.57. The highest BCUT2D eigenvalue weighted by molar-refractivity contribution is 7.11. The molecule has 1 heterocycles. The summed E-state index contributed by atoms with van der Waals surface area (Å²) < 4.78 is 0. The summed E-state index contributed by atoms with van der Waals surface area (Å²) in [5.74, 6) is 0.127. The third-order valence-corrected chi connectivity index (χ3v) is 3.74. The minimum absolute atomic E-state index is 0. The highest BCUT2D eigenvalue weighted by atomic mass is 35.5. The van der Waals surface area contributed by atoms with Crippen LogP contribution in [0.4, 0.5) is 0 Å². The van der Waals surface area contributed by atoms with Gasteiger partial charge in [-0.2, -0.15) is 0 Å². The lowest BCUT2D eigenvalue weighted by molar-refractivity contribution is -0.124. The molecule has 0 aromatic carbocycles. The van der Waals surface area contributed by atoms with Gasteiger partial charge in [-0.25, -0.2) is 4.98 Å². The zero-order valence-corrected chi connectivity index (χ0v) is 14.2. The molecule has 0 aliphatic carbocycles. The third-order valence-electron chi connectivity index (χ3n) is 2.61. The summed E-state index contributed by atoms with van der Waals surface area (Å²) in [7, 11) is 1.85. The Kier molecular flexibility index (Phi) is 11.5. The first-order chi connectivity index (χ1) is 8.04. The summed E-state index contributed by atoms with van der Waals surface area (Å²) in [4.78, 5) is 17.3. The molecule has 1 unspecified atom stereocenters. The quantitative estimate of drug-likeness (QED) is 0.841. The first-order valence-corrected chi connectivity index (χ1v) is 6.71. The van der Waals surface area contributed by atoms with Gasteiger partial charge in [-0.05, 0) is 20.9 Å². The predicted octanol–water partition coefficient (Wildman–Crippen LogP) is 2.12. The molecule has 0 saturated carbocycles. The lowest BCUT2D eigenvalue weighted by Crippen LogP contribution is -2.35. The summed E-state index contributed by atoms with van der Waals surface area (Å²) in [6.07, 6.45) is 0.870. The molecule has 4 nitrogen and oxygen atoms in total. The van der Waals surface area contributed by atoms with Crippen molar-refractivity contribution < 1.29 is 4.79 Å². The minimum atomic E-state index is 0. The molecule has 112 valence electrons. The molecule has 1 aromatic rings. The molecule has 0 aliphatic rings. The minimum Gasteiger partial charge on any atom is -0.355 e. The van der Waals surface area contributed by atoms with Crippen LogP contribution in [0.15, 0.2) is 0 Å². The summed E-state index contributed by atoms with van der Waals surface area (Å²) in [6, 6.07) is 0. The van der Waals surface area contributed by atoms with E-state index in [0.717, 1.165) is 17.1 Å². The molecule has 1 atom stereocenters. The fourth-order valence-electron chi connectivity index (χ4n) is 1.68. The number of aryl methyl sites for hydroxylation is 2. The van der Waals surface area contributed by atoms with Gasteiger partial charge in [0.2, 0.25) is 5.91 Å². The van der Waals surface area contributed by atoms with E-state index in [1.165, 1.54) is 4.88 Å². The second-order valence-electron chi connectivity index (χ2n) is 4.24. The molecule has 1 rings (SSSR count). The van der Waals surface area contributed by atoms with Crippen molar-refractivity contribution in [2.75, 3.05) is 20.1 Å². The van der Waals surface area contributed by atoms with Crippen molar-refractivity contribution in [3.8, 4) is 0 Å². The maximum Gasteiger partial charge on any atom is 0.224 e. The molecular weight excluding hydrogens is 305 g/mol. The Morgan fingerprint density at radius 3 is 2.47 bits per heavy atom. The van der Waals surface area contributed by atoms with Crippen LogP contribution in [0.5, 0.6) is 0 Å². The molecule has 19 heavy (non-hydrogen) atoms. The standard InChI is InChI=1S/C12H21N3OS.2ClH/c1-8(7-13-4)12(16)14-6-5-11-9(2)15-10(3)17-11;;/h8,13H,5-7H2,1-4H3,(H,14,16);2*1H. The molecule has 1 aromatic heterocycles. The highest BCUT2D eigenvalue weighted by Crippen LogP contribution is 2.17. The van der Waals surface area contributed by atoms with E-state index in [4.69, 9.17) is 0 Å². The van der Waals surface area contributed by atoms with Crippen LogP contribution in [0.3, 0.4) is 0 Å². The van der Waals surface area contributed by atoms with E-state index in [0.29, 0.717) is 13.1 Å². The predicted molar refractivity (Wildman–Crippen MR) is 85.9 cm³/mol. The topological polar surface area (TPSA) is 54.0 Å². The van der Waals surface area contributed by atoms with Gasteiger partial charge in [0.25, 0.3) is 0 Å². The van der Waals surface area contributed by atoms with Crippen LogP contribution in [0.25, 0.3) is 0 Å². The Morgan fingerprint density at radius 2 is 2.00 bits per heavy atom. The van der Waals surface area contributed by atoms with Crippen molar-refractivity contribution in [2.24, 2.45) is 5.92 Å². The van der Waals surface area contributed by atoms with Gasteiger partial charge in [-0.3, -0.25) is 4.79 Å². The molecule has 0 saturated heterocycles. The zero-order valence-electron chi connectivity index (χ0n) is 11.8. The van der Waals surface area contributed by atoms with Gasteiger partial charge in [0, 0.05) is 30.3 Å².